The van der Waals surface area contributed by atoms with E-state index in [4.69, 9.17) is 9.05 Å². The summed E-state index contributed by atoms with van der Waals surface area (Å²) >= 11 is 0. The van der Waals surface area contributed by atoms with Gasteiger partial charge in [0.25, 0.3) is 5.91 Å². The van der Waals surface area contributed by atoms with Gasteiger partial charge in [-0.3, -0.25) is 14.5 Å². The van der Waals surface area contributed by atoms with Crippen LogP contribution in [0.4, 0.5) is 0 Å². The number of aromatic nitrogens is 3. The second kappa shape index (κ2) is 9.52. The van der Waals surface area contributed by atoms with Crippen LogP contribution >= 0.6 is 0 Å². The molecule has 10 nitrogen and oxygen atoms in total. The molecule has 1 fully saturated rings. The first kappa shape index (κ1) is 20.7. The monoisotopic (exact) mass is 424 g/mol. The first-order valence-electron chi connectivity index (χ1n) is 10.2. The largest absolute Gasteiger partial charge is 0.355 e. The van der Waals surface area contributed by atoms with Gasteiger partial charge in [-0.1, -0.05) is 47.6 Å². The molecule has 2 aromatic heterocycles. The number of aryl methyl sites for hydroxylation is 1. The molecule has 0 radical (unpaired) electrons. The Bertz CT molecular complexity index is 1020. The zero-order valence-corrected chi connectivity index (χ0v) is 17.3. The van der Waals surface area contributed by atoms with Crippen LogP contribution in [0.3, 0.4) is 0 Å². The van der Waals surface area contributed by atoms with Gasteiger partial charge in [-0.25, -0.2) is 0 Å². The molecule has 0 atom stereocenters. The maximum absolute atomic E-state index is 12.5. The Morgan fingerprint density at radius 3 is 2.55 bits per heavy atom. The maximum atomic E-state index is 12.5. The molecular formula is C21H24N6O4. The van der Waals surface area contributed by atoms with E-state index in [9.17, 15) is 9.59 Å². The first-order chi connectivity index (χ1) is 15.1. The van der Waals surface area contributed by atoms with Gasteiger partial charge in [-0.2, -0.15) is 4.98 Å². The summed E-state index contributed by atoms with van der Waals surface area (Å²) < 4.78 is 10.4. The molecule has 0 unspecified atom stereocenters. The van der Waals surface area contributed by atoms with E-state index in [1.807, 2.05) is 37.3 Å². The summed E-state index contributed by atoms with van der Waals surface area (Å²) in [6.07, 6.45) is 0.711. The minimum Gasteiger partial charge on any atom is -0.355 e. The topological polar surface area (TPSA) is 118 Å². The average molecular weight is 424 g/mol. The van der Waals surface area contributed by atoms with Crippen LogP contribution < -0.4 is 5.32 Å². The van der Waals surface area contributed by atoms with Crippen molar-refractivity contribution in [3.8, 4) is 11.3 Å². The molecule has 31 heavy (non-hydrogen) atoms. The van der Waals surface area contributed by atoms with Crippen molar-refractivity contribution in [1.82, 2.24) is 30.4 Å². The molecule has 3 aromatic rings. The molecule has 0 saturated carbocycles. The minimum atomic E-state index is -0.443. The van der Waals surface area contributed by atoms with E-state index in [1.54, 1.807) is 11.0 Å². The fraction of sp³-hybridized carbons (Fsp3) is 0.381. The van der Waals surface area contributed by atoms with E-state index in [2.05, 4.69) is 25.5 Å². The highest BCUT2D eigenvalue weighted by Crippen LogP contribution is 2.19. The number of piperazine rings is 1. The van der Waals surface area contributed by atoms with Crippen molar-refractivity contribution in [3.05, 3.63) is 53.8 Å². The number of carbonyl (C=O) groups is 2. The van der Waals surface area contributed by atoms with Crippen molar-refractivity contribution < 1.29 is 18.6 Å². The van der Waals surface area contributed by atoms with Crippen LogP contribution in [0.1, 0.15) is 29.1 Å². The van der Waals surface area contributed by atoms with Crippen LogP contribution in [0.25, 0.3) is 11.3 Å². The molecule has 4 rings (SSSR count). The van der Waals surface area contributed by atoms with Crippen molar-refractivity contribution in [2.75, 3.05) is 32.7 Å². The SMILES string of the molecule is CCc1nc(CN2CCN(C(=O)CNC(=O)c3cc(-c4ccccc4)on3)CC2)no1. The van der Waals surface area contributed by atoms with Gasteiger partial charge in [0.1, 0.15) is 0 Å². The number of hydrogen-bond donors (Lipinski definition) is 1. The number of nitrogens with zero attached hydrogens (tertiary/aromatic N) is 5. The van der Waals surface area contributed by atoms with Gasteiger partial charge in [0, 0.05) is 44.2 Å². The lowest BCUT2D eigenvalue weighted by Gasteiger charge is -2.34. The molecule has 10 heteroatoms. The van der Waals surface area contributed by atoms with Crippen molar-refractivity contribution >= 4 is 11.8 Å². The van der Waals surface area contributed by atoms with Crippen molar-refractivity contribution in [2.24, 2.45) is 0 Å². The van der Waals surface area contributed by atoms with Gasteiger partial charge in [0.05, 0.1) is 13.1 Å². The predicted octanol–water partition coefficient (Wildman–Crippen LogP) is 1.36. The standard InChI is InChI=1S/C21H24N6O4/c1-2-19-23-18(25-31-19)14-26-8-10-27(11-9-26)20(28)13-22-21(29)16-12-17(30-24-16)15-6-4-3-5-7-15/h3-7,12H,2,8-11,13-14H2,1H3,(H,22,29). The number of rotatable bonds is 7. The number of benzene rings is 1. The third kappa shape index (κ3) is 5.15. The lowest BCUT2D eigenvalue weighted by atomic mass is 10.1. The highest BCUT2D eigenvalue weighted by Gasteiger charge is 2.23. The number of nitrogens with one attached hydrogen (secondary N) is 1. The zero-order chi connectivity index (χ0) is 21.6. The molecule has 1 saturated heterocycles. The Labute approximate surface area is 179 Å². The molecule has 1 aromatic carbocycles. The summed E-state index contributed by atoms with van der Waals surface area (Å²) in [7, 11) is 0. The van der Waals surface area contributed by atoms with Crippen molar-refractivity contribution in [1.29, 1.82) is 0 Å². The number of amides is 2. The van der Waals surface area contributed by atoms with Crippen LogP contribution in [0.5, 0.6) is 0 Å². The van der Waals surface area contributed by atoms with Crippen LogP contribution in [-0.2, 0) is 17.8 Å². The van der Waals surface area contributed by atoms with Crippen LogP contribution in [0.15, 0.2) is 45.4 Å². The third-order valence-corrected chi connectivity index (χ3v) is 5.10. The zero-order valence-electron chi connectivity index (χ0n) is 17.3. The van der Waals surface area contributed by atoms with Crippen molar-refractivity contribution in [2.45, 2.75) is 19.9 Å². The molecule has 0 bridgehead atoms. The van der Waals surface area contributed by atoms with Crippen molar-refractivity contribution in [3.63, 3.8) is 0 Å². The van der Waals surface area contributed by atoms with E-state index in [0.29, 0.717) is 56.6 Å². The summed E-state index contributed by atoms with van der Waals surface area (Å²) in [5.74, 6) is 1.21. The smallest absolute Gasteiger partial charge is 0.273 e. The summed E-state index contributed by atoms with van der Waals surface area (Å²) in [5, 5.41) is 10.4. The molecule has 1 N–H and O–H groups in total. The molecular weight excluding hydrogens is 400 g/mol. The van der Waals surface area contributed by atoms with E-state index in [0.717, 1.165) is 5.56 Å². The second-order valence-electron chi connectivity index (χ2n) is 7.24. The lowest BCUT2D eigenvalue weighted by Crippen LogP contribution is -2.50. The normalized spacial score (nSPS) is 14.5. The van der Waals surface area contributed by atoms with E-state index >= 15 is 0 Å². The Kier molecular flexibility index (Phi) is 6.37. The Morgan fingerprint density at radius 2 is 1.84 bits per heavy atom. The third-order valence-electron chi connectivity index (χ3n) is 5.10. The van der Waals surface area contributed by atoms with Crippen LogP contribution in [0, 0.1) is 0 Å². The fourth-order valence-corrected chi connectivity index (χ4v) is 3.33. The molecule has 0 aliphatic carbocycles. The van der Waals surface area contributed by atoms with Gasteiger partial charge < -0.3 is 19.3 Å². The molecule has 3 heterocycles. The Hall–Kier alpha value is -3.53. The molecule has 1 aliphatic heterocycles. The van der Waals surface area contributed by atoms with Gasteiger partial charge in [-0.05, 0) is 0 Å². The van der Waals surface area contributed by atoms with E-state index in [-0.39, 0.29) is 18.1 Å². The van der Waals surface area contributed by atoms with Crippen LogP contribution in [-0.4, -0.2) is 69.6 Å². The second-order valence-corrected chi connectivity index (χ2v) is 7.24. The lowest BCUT2D eigenvalue weighted by molar-refractivity contribution is -0.131. The fourth-order valence-electron chi connectivity index (χ4n) is 3.33. The predicted molar refractivity (Wildman–Crippen MR) is 110 cm³/mol. The number of hydrogen-bond acceptors (Lipinski definition) is 8. The quantitative estimate of drug-likeness (QED) is 0.604. The van der Waals surface area contributed by atoms with Gasteiger partial charge >= 0.3 is 0 Å². The average Bonchev–Trinajstić information content (AvgIpc) is 3.48. The van der Waals surface area contributed by atoms with E-state index < -0.39 is 5.91 Å². The number of carbonyl (C=O) groups excluding carboxylic acids is 2. The van der Waals surface area contributed by atoms with Gasteiger partial charge in [0.2, 0.25) is 11.8 Å². The first-order valence-corrected chi connectivity index (χ1v) is 10.2. The Morgan fingerprint density at radius 1 is 1.06 bits per heavy atom. The molecule has 2 amide bonds. The summed E-state index contributed by atoms with van der Waals surface area (Å²) in [6, 6.07) is 10.9. The van der Waals surface area contributed by atoms with E-state index in [1.165, 1.54) is 0 Å². The summed E-state index contributed by atoms with van der Waals surface area (Å²) in [5.41, 5.74) is 0.970. The van der Waals surface area contributed by atoms with Crippen LogP contribution in [0.2, 0.25) is 0 Å². The highest BCUT2D eigenvalue weighted by molar-refractivity contribution is 5.95. The molecule has 162 valence electrons. The Balaban J connectivity index is 1.22. The summed E-state index contributed by atoms with van der Waals surface area (Å²) in [6.45, 7) is 5.05. The minimum absolute atomic E-state index is 0.0862. The van der Waals surface area contributed by atoms with Gasteiger partial charge in [-0.15, -0.1) is 0 Å². The highest BCUT2D eigenvalue weighted by atomic mass is 16.5. The van der Waals surface area contributed by atoms with Gasteiger partial charge in [0.15, 0.2) is 17.3 Å². The summed E-state index contributed by atoms with van der Waals surface area (Å²) in [4.78, 5) is 33.0. The maximum Gasteiger partial charge on any atom is 0.273 e. The molecule has 0 spiro atoms. The molecule has 1 aliphatic rings.